The van der Waals surface area contributed by atoms with Crippen molar-refractivity contribution in [3.63, 3.8) is 0 Å². The van der Waals surface area contributed by atoms with Gasteiger partial charge in [-0.3, -0.25) is 14.3 Å². The molecule has 1 fully saturated rings. The highest BCUT2D eigenvalue weighted by Gasteiger charge is 2.29. The Morgan fingerprint density at radius 3 is 2.83 bits per heavy atom. The second kappa shape index (κ2) is 6.63. The van der Waals surface area contributed by atoms with Crippen molar-refractivity contribution in [3.05, 3.63) is 51.7 Å². The first-order valence-electron chi connectivity index (χ1n) is 8.45. The van der Waals surface area contributed by atoms with E-state index in [9.17, 15) is 9.59 Å². The van der Waals surface area contributed by atoms with Crippen LogP contribution in [-0.2, 0) is 13.6 Å². The number of piperidine rings is 1. The zero-order chi connectivity index (χ0) is 17.3. The number of carbonyl (C=O) groups excluding carboxylic acids is 1. The quantitative estimate of drug-likeness (QED) is 0.864. The van der Waals surface area contributed by atoms with Gasteiger partial charge in [0.25, 0.3) is 11.5 Å². The fraction of sp³-hybridized carbons (Fsp3) is 0.500. The minimum Gasteiger partial charge on any atom is -0.334 e. The zero-order valence-corrected chi connectivity index (χ0v) is 14.5. The molecule has 6 heteroatoms. The van der Waals surface area contributed by atoms with Crippen molar-refractivity contribution in [2.75, 3.05) is 6.54 Å². The Balaban J connectivity index is 1.86. The number of hydrogen-bond acceptors (Lipinski definition) is 3. The molecule has 1 aliphatic rings. The molecular weight excluding hydrogens is 304 g/mol. The molecule has 1 atom stereocenters. The van der Waals surface area contributed by atoms with Gasteiger partial charge in [0.2, 0.25) is 0 Å². The molecule has 24 heavy (non-hydrogen) atoms. The van der Waals surface area contributed by atoms with Crippen LogP contribution >= 0.6 is 0 Å². The Kier molecular flexibility index (Phi) is 4.55. The molecule has 1 amide bonds. The van der Waals surface area contributed by atoms with Crippen molar-refractivity contribution >= 4 is 5.91 Å². The Morgan fingerprint density at radius 2 is 2.12 bits per heavy atom. The highest BCUT2D eigenvalue weighted by Crippen LogP contribution is 2.21. The summed E-state index contributed by atoms with van der Waals surface area (Å²) in [4.78, 5) is 27.1. The third-order valence-electron chi connectivity index (χ3n) is 4.73. The summed E-state index contributed by atoms with van der Waals surface area (Å²) in [5.74, 6) is -0.164. The van der Waals surface area contributed by atoms with Crippen LogP contribution in [0.15, 0.2) is 29.2 Å². The lowest BCUT2D eigenvalue weighted by Crippen LogP contribution is -2.47. The summed E-state index contributed by atoms with van der Waals surface area (Å²) >= 11 is 0. The van der Waals surface area contributed by atoms with Crippen LogP contribution in [0.5, 0.6) is 0 Å². The Hall–Kier alpha value is -2.37. The molecule has 0 bridgehead atoms. The van der Waals surface area contributed by atoms with Gasteiger partial charge in [0.15, 0.2) is 0 Å². The van der Waals surface area contributed by atoms with E-state index in [0.717, 1.165) is 30.7 Å². The summed E-state index contributed by atoms with van der Waals surface area (Å²) in [5.41, 5.74) is 2.09. The van der Waals surface area contributed by atoms with Gasteiger partial charge in [-0.25, -0.2) is 0 Å². The maximum Gasteiger partial charge on any atom is 0.263 e. The highest BCUT2D eigenvalue weighted by atomic mass is 16.2. The van der Waals surface area contributed by atoms with Gasteiger partial charge in [-0.05, 0) is 51.3 Å². The minimum absolute atomic E-state index is 0.0779. The maximum absolute atomic E-state index is 12.9. The SMILES string of the molecule is Cc1cc(C)n(CC2CCCCN2C(=O)c2cccn(C)c2=O)n1. The zero-order valence-electron chi connectivity index (χ0n) is 14.5. The smallest absolute Gasteiger partial charge is 0.263 e. The average Bonchev–Trinajstić information content (AvgIpc) is 2.87. The van der Waals surface area contributed by atoms with Gasteiger partial charge in [0.05, 0.1) is 18.3 Å². The first-order chi connectivity index (χ1) is 11.5. The summed E-state index contributed by atoms with van der Waals surface area (Å²) in [7, 11) is 1.67. The molecule has 2 aromatic heterocycles. The maximum atomic E-state index is 12.9. The van der Waals surface area contributed by atoms with E-state index in [1.807, 2.05) is 29.5 Å². The Morgan fingerprint density at radius 1 is 1.33 bits per heavy atom. The van der Waals surface area contributed by atoms with Crippen LogP contribution in [0, 0.1) is 13.8 Å². The largest absolute Gasteiger partial charge is 0.334 e. The van der Waals surface area contributed by atoms with E-state index in [0.29, 0.717) is 13.1 Å². The van der Waals surface area contributed by atoms with Gasteiger partial charge >= 0.3 is 0 Å². The van der Waals surface area contributed by atoms with Gasteiger partial charge in [0.1, 0.15) is 5.56 Å². The first kappa shape index (κ1) is 16.5. The molecule has 0 N–H and O–H groups in total. The monoisotopic (exact) mass is 328 g/mol. The van der Waals surface area contributed by atoms with Crippen LogP contribution in [0.25, 0.3) is 0 Å². The van der Waals surface area contributed by atoms with E-state index in [4.69, 9.17) is 0 Å². The van der Waals surface area contributed by atoms with Crippen molar-refractivity contribution in [2.24, 2.45) is 7.05 Å². The average molecular weight is 328 g/mol. The van der Waals surface area contributed by atoms with Crippen molar-refractivity contribution < 1.29 is 4.79 Å². The number of likely N-dealkylation sites (tertiary alicyclic amines) is 1. The molecule has 0 spiro atoms. The van der Waals surface area contributed by atoms with Crippen LogP contribution < -0.4 is 5.56 Å². The molecule has 3 heterocycles. The number of pyridine rings is 1. The van der Waals surface area contributed by atoms with Crippen molar-refractivity contribution in [2.45, 2.75) is 45.7 Å². The van der Waals surface area contributed by atoms with Crippen LogP contribution in [0.2, 0.25) is 0 Å². The third-order valence-corrected chi connectivity index (χ3v) is 4.73. The predicted molar refractivity (Wildman–Crippen MR) is 92.1 cm³/mol. The van der Waals surface area contributed by atoms with Crippen LogP contribution in [0.3, 0.4) is 0 Å². The van der Waals surface area contributed by atoms with Crippen LogP contribution in [0.4, 0.5) is 0 Å². The summed E-state index contributed by atoms with van der Waals surface area (Å²) < 4.78 is 3.42. The topological polar surface area (TPSA) is 60.1 Å². The lowest BCUT2D eigenvalue weighted by atomic mass is 10.0. The van der Waals surface area contributed by atoms with Gasteiger partial charge < -0.3 is 9.47 Å². The second-order valence-corrected chi connectivity index (χ2v) is 6.60. The van der Waals surface area contributed by atoms with E-state index < -0.39 is 0 Å². The molecule has 128 valence electrons. The molecule has 0 saturated carbocycles. The number of aromatic nitrogens is 3. The number of carbonyl (C=O) groups is 1. The molecule has 6 nitrogen and oxygen atoms in total. The fourth-order valence-corrected chi connectivity index (χ4v) is 3.43. The highest BCUT2D eigenvalue weighted by molar-refractivity contribution is 5.94. The summed E-state index contributed by atoms with van der Waals surface area (Å²) in [6.07, 6.45) is 4.69. The molecule has 0 aromatic carbocycles. The number of hydrogen-bond donors (Lipinski definition) is 0. The van der Waals surface area contributed by atoms with E-state index in [2.05, 4.69) is 5.10 Å². The summed E-state index contributed by atoms with van der Waals surface area (Å²) in [6.45, 7) is 5.38. The normalized spacial score (nSPS) is 18.0. The van der Waals surface area contributed by atoms with Crippen molar-refractivity contribution in [3.8, 4) is 0 Å². The number of rotatable bonds is 3. The van der Waals surface area contributed by atoms with E-state index in [1.165, 1.54) is 4.57 Å². The Bertz CT molecular complexity index is 806. The predicted octanol–water partition coefficient (Wildman–Crippen LogP) is 1.89. The van der Waals surface area contributed by atoms with Crippen molar-refractivity contribution in [1.29, 1.82) is 0 Å². The standard InChI is InChI=1S/C18H24N4O2/c1-13-11-14(2)22(19-13)12-15-7-4-5-10-21(15)18(24)16-8-6-9-20(3)17(16)23/h6,8-9,11,15H,4-5,7,10,12H2,1-3H3. The molecule has 1 saturated heterocycles. The van der Waals surface area contributed by atoms with Crippen LogP contribution in [0.1, 0.15) is 41.0 Å². The molecule has 0 aliphatic carbocycles. The van der Waals surface area contributed by atoms with E-state index >= 15 is 0 Å². The number of amides is 1. The molecule has 3 rings (SSSR count). The van der Waals surface area contributed by atoms with E-state index in [-0.39, 0.29) is 23.1 Å². The van der Waals surface area contributed by atoms with E-state index in [1.54, 1.807) is 25.4 Å². The van der Waals surface area contributed by atoms with Gasteiger partial charge in [-0.15, -0.1) is 0 Å². The van der Waals surface area contributed by atoms with Crippen molar-refractivity contribution in [1.82, 2.24) is 19.2 Å². The molecular formula is C18H24N4O2. The molecule has 1 aliphatic heterocycles. The van der Waals surface area contributed by atoms with Crippen LogP contribution in [-0.4, -0.2) is 37.7 Å². The minimum atomic E-state index is -0.238. The number of nitrogens with zero attached hydrogens (tertiary/aromatic N) is 4. The molecule has 0 radical (unpaired) electrons. The summed E-state index contributed by atoms with van der Waals surface area (Å²) in [6, 6.07) is 5.49. The Labute approximate surface area is 141 Å². The van der Waals surface area contributed by atoms with Gasteiger partial charge in [-0.2, -0.15) is 5.10 Å². The first-order valence-corrected chi connectivity index (χ1v) is 8.45. The third kappa shape index (κ3) is 3.13. The lowest BCUT2D eigenvalue weighted by Gasteiger charge is -2.36. The summed E-state index contributed by atoms with van der Waals surface area (Å²) in [5, 5.41) is 4.52. The fourth-order valence-electron chi connectivity index (χ4n) is 3.43. The lowest BCUT2D eigenvalue weighted by molar-refractivity contribution is 0.0580. The van der Waals surface area contributed by atoms with Gasteiger partial charge in [0, 0.05) is 25.5 Å². The second-order valence-electron chi connectivity index (χ2n) is 6.60. The molecule has 1 unspecified atom stereocenters. The molecule has 2 aromatic rings. The van der Waals surface area contributed by atoms with Gasteiger partial charge in [-0.1, -0.05) is 0 Å². The number of aryl methyl sites for hydroxylation is 3.